The zero-order valence-electron chi connectivity index (χ0n) is 14.8. The highest BCUT2D eigenvalue weighted by Gasteiger charge is 2.47. The third-order valence-corrected chi connectivity index (χ3v) is 7.44. The van der Waals surface area contributed by atoms with E-state index < -0.39 is 77.1 Å². The number of pyridine rings is 1. The van der Waals surface area contributed by atoms with Crippen molar-refractivity contribution in [3.05, 3.63) is 33.5 Å². The van der Waals surface area contributed by atoms with Crippen LogP contribution < -0.4 is 5.56 Å². The molecule has 1 aliphatic heterocycles. The minimum atomic E-state index is -5.77. The number of rotatable bonds is 8. The molecule has 0 amide bonds. The first-order valence-electron chi connectivity index (χ1n) is 7.74. The van der Waals surface area contributed by atoms with Crippen molar-refractivity contribution in [2.75, 3.05) is 6.61 Å². The topological polar surface area (TPSA) is 242 Å². The van der Waals surface area contributed by atoms with Crippen LogP contribution in [0.15, 0.2) is 10.9 Å². The number of aliphatic hydroxyl groups is 2. The highest BCUT2D eigenvalue weighted by Crippen LogP contribution is 2.66. The molecule has 19 heteroatoms. The summed E-state index contributed by atoms with van der Waals surface area (Å²) < 4.78 is 64.3. The molecular weight excluding hydrogens is 494 g/mol. The first-order chi connectivity index (χ1) is 14.1. The lowest BCUT2D eigenvalue weighted by Crippen LogP contribution is -2.33. The van der Waals surface area contributed by atoms with Crippen molar-refractivity contribution in [3.63, 3.8) is 0 Å². The number of phosphoric ester groups is 1. The van der Waals surface area contributed by atoms with E-state index in [4.69, 9.17) is 25.8 Å². The molecule has 1 aliphatic rings. The van der Waals surface area contributed by atoms with Gasteiger partial charge in [-0.05, 0) is 0 Å². The second-order valence-electron chi connectivity index (χ2n) is 5.88. The summed E-state index contributed by atoms with van der Waals surface area (Å²) in [5.41, 5.74) is -1.81. The minimum Gasteiger partial charge on any atom is -0.387 e. The van der Waals surface area contributed by atoms with Crippen LogP contribution in [0.3, 0.4) is 0 Å². The Balaban J connectivity index is 2.14. The molecule has 0 bridgehead atoms. The predicted octanol–water partition coefficient (Wildman–Crippen LogP) is -1.000. The number of aliphatic hydroxyl groups excluding tert-OH is 2. The molecule has 3 unspecified atom stereocenters. The van der Waals surface area contributed by atoms with E-state index in [0.717, 1.165) is 0 Å². The second-order valence-corrected chi connectivity index (χ2v) is 10.3. The van der Waals surface area contributed by atoms with Gasteiger partial charge >= 0.3 is 23.5 Å². The molecule has 7 N–H and O–H groups in total. The molecular formula is C12H15FNO14P3. The van der Waals surface area contributed by atoms with Gasteiger partial charge in [-0.1, -0.05) is 5.92 Å². The van der Waals surface area contributed by atoms with Crippen molar-refractivity contribution in [1.82, 2.24) is 4.98 Å². The standard InChI is InChI=1S/C12H15FNO14P3/c1-2-6-9(5(13)3-8(15)14-6)12-11(17)10(16)7(26-12)4-25-30(21,22)28-31(23,24)27-29(18,19)20/h1,3,7,10-12,16-17H,4H2,(H,14,15)(H,21,22)(H,23,24)(H2,18,19,20)/t7-,10?,11+,12+/m1/s1. The fourth-order valence-corrected chi connectivity index (χ4v) is 5.56. The Hall–Kier alpha value is -1.27. The van der Waals surface area contributed by atoms with Gasteiger partial charge in [0.15, 0.2) is 0 Å². The fourth-order valence-electron chi connectivity index (χ4n) is 2.53. The highest BCUT2D eigenvalue weighted by molar-refractivity contribution is 7.66. The molecule has 1 aromatic rings. The number of H-pyrrole nitrogens is 1. The van der Waals surface area contributed by atoms with Crippen molar-refractivity contribution in [2.45, 2.75) is 24.4 Å². The number of hydrogen-bond acceptors (Lipinski definition) is 10. The van der Waals surface area contributed by atoms with Crippen LogP contribution in [0.1, 0.15) is 17.4 Å². The molecule has 15 nitrogen and oxygen atoms in total. The number of aromatic nitrogens is 1. The van der Waals surface area contributed by atoms with Gasteiger partial charge in [-0.15, -0.1) is 6.42 Å². The molecule has 1 fully saturated rings. The van der Waals surface area contributed by atoms with E-state index in [1.54, 1.807) is 0 Å². The lowest BCUT2D eigenvalue weighted by atomic mass is 10.00. The van der Waals surface area contributed by atoms with Crippen LogP contribution in [0.4, 0.5) is 4.39 Å². The smallest absolute Gasteiger partial charge is 0.387 e. The van der Waals surface area contributed by atoms with Crippen LogP contribution in [-0.2, 0) is 31.6 Å². The summed E-state index contributed by atoms with van der Waals surface area (Å²) in [5, 5.41) is 20.2. The van der Waals surface area contributed by atoms with Gasteiger partial charge in [0.2, 0.25) is 0 Å². The van der Waals surface area contributed by atoms with Crippen molar-refractivity contribution < 1.29 is 65.8 Å². The Morgan fingerprint density at radius 3 is 2.29 bits per heavy atom. The number of halogens is 1. The summed E-state index contributed by atoms with van der Waals surface area (Å²) in [7, 11) is -16.9. The Bertz CT molecular complexity index is 1080. The average molecular weight is 509 g/mol. The van der Waals surface area contributed by atoms with Crippen LogP contribution in [-0.4, -0.2) is 59.7 Å². The van der Waals surface area contributed by atoms with Gasteiger partial charge < -0.3 is 39.5 Å². The Morgan fingerprint density at radius 1 is 1.13 bits per heavy atom. The third-order valence-electron chi connectivity index (χ3n) is 3.64. The number of hydrogen-bond donors (Lipinski definition) is 7. The van der Waals surface area contributed by atoms with Crippen molar-refractivity contribution >= 4 is 23.5 Å². The van der Waals surface area contributed by atoms with Gasteiger partial charge in [0.05, 0.1) is 12.2 Å². The molecule has 0 aliphatic carbocycles. The minimum absolute atomic E-state index is 0.408. The number of aromatic amines is 1. The number of terminal acetylenes is 1. The molecule has 0 spiro atoms. The summed E-state index contributed by atoms with van der Waals surface area (Å²) >= 11 is 0. The SMILES string of the molecule is C#Cc1[nH]c(=O)cc(F)c1[C@@H]1O[C@H](COP(=O)(O)OP(=O)(O)OP(=O)(O)O)C(O)[C@@H]1O. The summed E-state index contributed by atoms with van der Waals surface area (Å²) in [5.74, 6) is 0.785. The lowest BCUT2D eigenvalue weighted by Gasteiger charge is -2.19. The van der Waals surface area contributed by atoms with Crippen LogP contribution in [0, 0.1) is 18.2 Å². The average Bonchev–Trinajstić information content (AvgIpc) is 2.84. The van der Waals surface area contributed by atoms with E-state index in [2.05, 4.69) is 18.1 Å². The molecule has 2 heterocycles. The normalized spacial score (nSPS) is 27.9. The summed E-state index contributed by atoms with van der Waals surface area (Å²) in [6.45, 7) is -1.10. The zero-order chi connectivity index (χ0) is 23.8. The van der Waals surface area contributed by atoms with Crippen LogP contribution in [0.5, 0.6) is 0 Å². The molecule has 0 radical (unpaired) electrons. The first-order valence-corrected chi connectivity index (χ1v) is 12.3. The van der Waals surface area contributed by atoms with E-state index in [1.165, 1.54) is 0 Å². The first kappa shape index (κ1) is 26.0. The zero-order valence-corrected chi connectivity index (χ0v) is 17.5. The van der Waals surface area contributed by atoms with Gasteiger partial charge in [-0.25, -0.2) is 18.1 Å². The maximum absolute atomic E-state index is 14.2. The molecule has 6 atom stereocenters. The molecule has 31 heavy (non-hydrogen) atoms. The molecule has 174 valence electrons. The third kappa shape index (κ3) is 6.85. The summed E-state index contributed by atoms with van der Waals surface area (Å²) in [6.07, 6.45) is -1.86. The van der Waals surface area contributed by atoms with Gasteiger partial charge in [0.1, 0.15) is 35.9 Å². The van der Waals surface area contributed by atoms with E-state index in [0.29, 0.717) is 6.07 Å². The maximum Gasteiger partial charge on any atom is 0.490 e. The van der Waals surface area contributed by atoms with Crippen molar-refractivity contribution in [1.29, 1.82) is 0 Å². The lowest BCUT2D eigenvalue weighted by molar-refractivity contribution is -0.0233. The fraction of sp³-hybridized carbons (Fsp3) is 0.417. The molecule has 2 rings (SSSR count). The Kier molecular flexibility index (Phi) is 7.80. The maximum atomic E-state index is 14.2. The van der Waals surface area contributed by atoms with Crippen molar-refractivity contribution in [3.8, 4) is 12.3 Å². The Labute approximate surface area is 171 Å². The predicted molar refractivity (Wildman–Crippen MR) is 94.4 cm³/mol. The van der Waals surface area contributed by atoms with Crippen molar-refractivity contribution in [2.24, 2.45) is 0 Å². The van der Waals surface area contributed by atoms with Gasteiger partial charge in [0.25, 0.3) is 5.56 Å². The number of phosphoric acid groups is 3. The largest absolute Gasteiger partial charge is 0.490 e. The molecule has 1 aromatic heterocycles. The highest BCUT2D eigenvalue weighted by atomic mass is 31.3. The number of ether oxygens (including phenoxy) is 1. The molecule has 1 saturated heterocycles. The van der Waals surface area contributed by atoms with Gasteiger partial charge in [-0.3, -0.25) is 9.32 Å². The van der Waals surface area contributed by atoms with E-state index in [1.807, 2.05) is 5.92 Å². The monoisotopic (exact) mass is 509 g/mol. The summed E-state index contributed by atoms with van der Waals surface area (Å²) in [6, 6.07) is 0.498. The van der Waals surface area contributed by atoms with E-state index >= 15 is 0 Å². The van der Waals surface area contributed by atoms with E-state index in [9.17, 15) is 38.0 Å². The van der Waals surface area contributed by atoms with E-state index in [-0.39, 0.29) is 0 Å². The van der Waals surface area contributed by atoms with Gasteiger partial charge in [0, 0.05) is 6.07 Å². The molecule has 0 aromatic carbocycles. The number of nitrogens with one attached hydrogen (secondary N) is 1. The Morgan fingerprint density at radius 2 is 1.74 bits per heavy atom. The quantitative estimate of drug-likeness (QED) is 0.164. The van der Waals surface area contributed by atoms with Crippen LogP contribution in [0.2, 0.25) is 0 Å². The van der Waals surface area contributed by atoms with Crippen LogP contribution >= 0.6 is 23.5 Å². The summed E-state index contributed by atoms with van der Waals surface area (Å²) in [4.78, 5) is 48.8. The van der Waals surface area contributed by atoms with Gasteiger partial charge in [-0.2, -0.15) is 8.62 Å². The van der Waals surface area contributed by atoms with Crippen LogP contribution in [0.25, 0.3) is 0 Å². The molecule has 0 saturated carbocycles. The second kappa shape index (κ2) is 9.30.